The Bertz CT molecular complexity index is 1360. The van der Waals surface area contributed by atoms with Crippen LogP contribution in [0, 0.1) is 12.7 Å². The topological polar surface area (TPSA) is 84.9 Å². The van der Waals surface area contributed by atoms with Crippen LogP contribution in [0.4, 0.5) is 10.1 Å². The molecule has 0 aromatic heterocycles. The van der Waals surface area contributed by atoms with Gasteiger partial charge in [-0.15, -0.1) is 0 Å². The van der Waals surface area contributed by atoms with Crippen molar-refractivity contribution in [2.45, 2.75) is 43.7 Å². The van der Waals surface area contributed by atoms with Crippen molar-refractivity contribution >= 4 is 21.6 Å². The van der Waals surface area contributed by atoms with Crippen molar-refractivity contribution in [3.8, 4) is 11.5 Å². The predicted molar refractivity (Wildman–Crippen MR) is 135 cm³/mol. The first kappa shape index (κ1) is 25.5. The van der Waals surface area contributed by atoms with Crippen LogP contribution in [-0.2, 0) is 14.8 Å². The monoisotopic (exact) mass is 512 g/mol. The standard InChI is InChI=1S/C27H29FN2O5S/c1-18-5-9-20(10-6-18)30(36(32,33)22-12-7-19(28)8-13-22)17-26(31)29-24-16-27(2,3)35-25-15-21(34-4)11-14-23(24)25/h5-15,24H,16-17H2,1-4H3,(H,29,31). The number of methoxy groups -OCH3 is 1. The summed E-state index contributed by atoms with van der Waals surface area (Å²) in [5.41, 5.74) is 1.50. The first-order valence-corrected chi connectivity index (χ1v) is 12.9. The molecule has 0 saturated heterocycles. The van der Waals surface area contributed by atoms with Gasteiger partial charge in [-0.25, -0.2) is 12.8 Å². The lowest BCUT2D eigenvalue weighted by molar-refractivity contribution is -0.120. The third-order valence-electron chi connectivity index (χ3n) is 6.02. The highest BCUT2D eigenvalue weighted by Gasteiger charge is 2.36. The number of carbonyl (C=O) groups is 1. The van der Waals surface area contributed by atoms with E-state index in [1.54, 1.807) is 43.5 Å². The van der Waals surface area contributed by atoms with Crippen LogP contribution in [0.25, 0.3) is 0 Å². The summed E-state index contributed by atoms with van der Waals surface area (Å²) in [7, 11) is -2.58. The zero-order chi connectivity index (χ0) is 26.1. The molecular formula is C27H29FN2O5S. The van der Waals surface area contributed by atoms with Crippen LogP contribution in [0.2, 0.25) is 0 Å². The van der Waals surface area contributed by atoms with Crippen molar-refractivity contribution in [3.05, 3.63) is 83.7 Å². The number of benzene rings is 3. The van der Waals surface area contributed by atoms with E-state index in [1.807, 2.05) is 26.8 Å². The van der Waals surface area contributed by atoms with Crippen molar-refractivity contribution in [1.29, 1.82) is 0 Å². The first-order chi connectivity index (χ1) is 17.0. The van der Waals surface area contributed by atoms with E-state index >= 15 is 0 Å². The molecule has 36 heavy (non-hydrogen) atoms. The predicted octanol–water partition coefficient (Wildman–Crippen LogP) is 4.76. The summed E-state index contributed by atoms with van der Waals surface area (Å²) in [6, 6.07) is 16.4. The lowest BCUT2D eigenvalue weighted by atomic mass is 9.89. The first-order valence-electron chi connectivity index (χ1n) is 11.5. The highest BCUT2D eigenvalue weighted by Crippen LogP contribution is 2.41. The number of amides is 1. The molecule has 7 nitrogen and oxygen atoms in total. The minimum atomic E-state index is -4.15. The van der Waals surface area contributed by atoms with E-state index in [0.29, 0.717) is 23.6 Å². The average Bonchev–Trinajstić information content (AvgIpc) is 2.82. The van der Waals surface area contributed by atoms with Gasteiger partial charge in [0.15, 0.2) is 0 Å². The minimum Gasteiger partial charge on any atom is -0.497 e. The maximum absolute atomic E-state index is 13.5. The second-order valence-electron chi connectivity index (χ2n) is 9.39. The Morgan fingerprint density at radius 2 is 1.78 bits per heavy atom. The summed E-state index contributed by atoms with van der Waals surface area (Å²) in [5, 5.41) is 2.99. The molecular weight excluding hydrogens is 483 g/mol. The number of sulfonamides is 1. The minimum absolute atomic E-state index is 0.109. The fraction of sp³-hybridized carbons (Fsp3) is 0.296. The number of ether oxygens (including phenoxy) is 2. The average molecular weight is 513 g/mol. The van der Waals surface area contributed by atoms with Gasteiger partial charge in [0, 0.05) is 18.1 Å². The van der Waals surface area contributed by atoms with Gasteiger partial charge in [0.05, 0.1) is 23.7 Å². The van der Waals surface area contributed by atoms with Crippen molar-refractivity contribution in [2.75, 3.05) is 18.0 Å². The lowest BCUT2D eigenvalue weighted by Gasteiger charge is -2.38. The van der Waals surface area contributed by atoms with E-state index in [2.05, 4.69) is 5.32 Å². The van der Waals surface area contributed by atoms with Gasteiger partial charge in [0.1, 0.15) is 29.5 Å². The van der Waals surface area contributed by atoms with E-state index < -0.39 is 39.9 Å². The molecule has 1 N–H and O–H groups in total. The third-order valence-corrected chi connectivity index (χ3v) is 7.81. The van der Waals surface area contributed by atoms with Gasteiger partial charge >= 0.3 is 0 Å². The van der Waals surface area contributed by atoms with Crippen LogP contribution in [0.15, 0.2) is 71.6 Å². The molecule has 0 spiro atoms. The smallest absolute Gasteiger partial charge is 0.264 e. The molecule has 190 valence electrons. The lowest BCUT2D eigenvalue weighted by Crippen LogP contribution is -2.45. The van der Waals surface area contributed by atoms with Gasteiger partial charge in [-0.2, -0.15) is 0 Å². The zero-order valence-electron chi connectivity index (χ0n) is 20.6. The number of anilines is 1. The van der Waals surface area contributed by atoms with E-state index in [0.717, 1.165) is 27.6 Å². The molecule has 0 saturated carbocycles. The number of nitrogens with one attached hydrogen (secondary N) is 1. The number of halogens is 1. The quantitative estimate of drug-likeness (QED) is 0.494. The Morgan fingerprint density at radius 3 is 2.42 bits per heavy atom. The molecule has 4 rings (SSSR count). The van der Waals surface area contributed by atoms with Crippen LogP contribution in [0.3, 0.4) is 0 Å². The van der Waals surface area contributed by atoms with Crippen LogP contribution in [0.1, 0.15) is 37.4 Å². The van der Waals surface area contributed by atoms with Gasteiger partial charge < -0.3 is 14.8 Å². The molecule has 1 atom stereocenters. The fourth-order valence-electron chi connectivity index (χ4n) is 4.22. The SMILES string of the molecule is COc1ccc2c(c1)OC(C)(C)CC2NC(=O)CN(c1ccc(C)cc1)S(=O)(=O)c1ccc(F)cc1. The Hall–Kier alpha value is -3.59. The summed E-state index contributed by atoms with van der Waals surface area (Å²) in [4.78, 5) is 13.2. The zero-order valence-corrected chi connectivity index (χ0v) is 21.4. The van der Waals surface area contributed by atoms with Gasteiger partial charge in [0.2, 0.25) is 5.91 Å². The van der Waals surface area contributed by atoms with Crippen LogP contribution in [-0.4, -0.2) is 33.6 Å². The molecule has 0 radical (unpaired) electrons. The normalized spacial score (nSPS) is 16.4. The number of nitrogens with zero attached hydrogens (tertiary/aromatic N) is 1. The molecule has 1 aliphatic rings. The molecule has 0 aliphatic carbocycles. The second-order valence-corrected chi connectivity index (χ2v) is 11.3. The number of hydrogen-bond donors (Lipinski definition) is 1. The molecule has 1 heterocycles. The van der Waals surface area contributed by atoms with E-state index in [4.69, 9.17) is 9.47 Å². The number of carbonyl (C=O) groups excluding carboxylic acids is 1. The number of rotatable bonds is 7. The van der Waals surface area contributed by atoms with Gasteiger partial charge in [-0.1, -0.05) is 17.7 Å². The largest absolute Gasteiger partial charge is 0.497 e. The Kier molecular flexibility index (Phi) is 6.95. The molecule has 3 aromatic carbocycles. The van der Waals surface area contributed by atoms with Crippen LogP contribution >= 0.6 is 0 Å². The second kappa shape index (κ2) is 9.81. The summed E-state index contributed by atoms with van der Waals surface area (Å²) >= 11 is 0. The molecule has 0 bridgehead atoms. The van der Waals surface area contributed by atoms with E-state index in [9.17, 15) is 17.6 Å². The summed E-state index contributed by atoms with van der Waals surface area (Å²) < 4.78 is 52.9. The third kappa shape index (κ3) is 5.46. The van der Waals surface area contributed by atoms with Crippen molar-refractivity contribution in [1.82, 2.24) is 5.32 Å². The fourth-order valence-corrected chi connectivity index (χ4v) is 5.64. The summed E-state index contributed by atoms with van der Waals surface area (Å²) in [5.74, 6) is 0.203. The molecule has 1 unspecified atom stereocenters. The molecule has 9 heteroatoms. The molecule has 0 fully saturated rings. The van der Waals surface area contributed by atoms with Crippen molar-refractivity contribution in [3.63, 3.8) is 0 Å². The van der Waals surface area contributed by atoms with Crippen molar-refractivity contribution < 1.29 is 27.1 Å². The van der Waals surface area contributed by atoms with E-state index in [1.165, 1.54) is 12.1 Å². The Morgan fingerprint density at radius 1 is 1.11 bits per heavy atom. The number of fused-ring (bicyclic) bond motifs is 1. The molecule has 3 aromatic rings. The Labute approximate surface area is 210 Å². The van der Waals surface area contributed by atoms with E-state index in [-0.39, 0.29) is 4.90 Å². The maximum atomic E-state index is 13.5. The summed E-state index contributed by atoms with van der Waals surface area (Å²) in [6.07, 6.45) is 0.493. The van der Waals surface area contributed by atoms with Gasteiger partial charge in [0.25, 0.3) is 10.0 Å². The Balaban J connectivity index is 1.64. The van der Waals surface area contributed by atoms with Gasteiger partial charge in [-0.05, 0) is 69.3 Å². The van der Waals surface area contributed by atoms with Crippen molar-refractivity contribution in [2.24, 2.45) is 0 Å². The number of hydrogen-bond acceptors (Lipinski definition) is 5. The van der Waals surface area contributed by atoms with Gasteiger partial charge in [-0.3, -0.25) is 9.10 Å². The number of aryl methyl sites for hydroxylation is 1. The molecule has 1 amide bonds. The van der Waals surface area contributed by atoms with Crippen LogP contribution in [0.5, 0.6) is 11.5 Å². The highest BCUT2D eigenvalue weighted by atomic mass is 32.2. The highest BCUT2D eigenvalue weighted by molar-refractivity contribution is 7.92. The summed E-state index contributed by atoms with van der Waals surface area (Å²) in [6.45, 7) is 5.28. The maximum Gasteiger partial charge on any atom is 0.264 e. The van der Waals surface area contributed by atoms with Crippen LogP contribution < -0.4 is 19.1 Å². The molecule has 1 aliphatic heterocycles.